The first kappa shape index (κ1) is 11.1. The molecule has 0 aromatic heterocycles. The Morgan fingerprint density at radius 1 is 1.00 bits per heavy atom. The van der Waals surface area contributed by atoms with Crippen molar-refractivity contribution >= 4 is 0 Å². The first-order valence-corrected chi connectivity index (χ1v) is 3.55. The van der Waals surface area contributed by atoms with E-state index in [2.05, 4.69) is 0 Å². The molecule has 0 nitrogen and oxygen atoms in total. The minimum absolute atomic E-state index is 0. The summed E-state index contributed by atoms with van der Waals surface area (Å²) in [6.45, 7) is 3.79. The molecule has 0 radical (unpaired) electrons. The van der Waals surface area contributed by atoms with Crippen LogP contribution in [0.25, 0.3) is 0 Å². The van der Waals surface area contributed by atoms with Crippen molar-refractivity contribution in [2.45, 2.75) is 27.2 Å². The average molecular weight is 172 g/mol. The van der Waals surface area contributed by atoms with Crippen molar-refractivity contribution in [3.63, 3.8) is 0 Å². The third kappa shape index (κ3) is 2.61. The van der Waals surface area contributed by atoms with E-state index in [4.69, 9.17) is 0 Å². The van der Waals surface area contributed by atoms with Gasteiger partial charge in [0, 0.05) is 6.07 Å². The smallest absolute Gasteiger partial charge is 0.126 e. The highest BCUT2D eigenvalue weighted by Crippen LogP contribution is 2.16. The number of hydrogen-bond acceptors (Lipinski definition) is 0. The van der Waals surface area contributed by atoms with Crippen LogP contribution in [0.2, 0.25) is 0 Å². The Hall–Kier alpha value is -0.920. The maximum atomic E-state index is 12.5. The summed E-state index contributed by atoms with van der Waals surface area (Å²) in [4.78, 5) is 0. The molecule has 0 aliphatic carbocycles. The van der Waals surface area contributed by atoms with Crippen LogP contribution in [-0.2, 0) is 0 Å². The quantitative estimate of drug-likeness (QED) is 0.605. The topological polar surface area (TPSA) is 0 Å². The van der Waals surface area contributed by atoms with Crippen molar-refractivity contribution in [1.29, 1.82) is 0 Å². The van der Waals surface area contributed by atoms with Crippen LogP contribution < -0.4 is 0 Å². The summed E-state index contributed by atoms with van der Waals surface area (Å²) >= 11 is 0. The molecule has 0 fully saturated rings. The molecule has 0 saturated carbocycles. The Kier molecular flexibility index (Phi) is 3.87. The summed E-state index contributed by atoms with van der Waals surface area (Å²) in [7, 11) is 0. The summed E-state index contributed by atoms with van der Waals surface area (Å²) in [5, 5.41) is 0. The molecule has 0 aliphatic rings. The lowest BCUT2D eigenvalue weighted by Crippen LogP contribution is -1.90. The Balaban J connectivity index is 0.00000121. The highest BCUT2D eigenvalue weighted by atomic mass is 19.1. The fraction of sp³-hybridized carbons (Fsp3) is 0.400. The van der Waals surface area contributed by atoms with E-state index in [0.29, 0.717) is 5.56 Å². The van der Waals surface area contributed by atoms with Gasteiger partial charge in [-0.1, -0.05) is 21.3 Å². The second kappa shape index (κ2) is 4.19. The lowest BCUT2D eigenvalue weighted by atomic mass is 10.0. The monoisotopic (exact) mass is 172 g/mol. The zero-order valence-electron chi connectivity index (χ0n) is 6.57. The fourth-order valence-electron chi connectivity index (χ4n) is 0.908. The van der Waals surface area contributed by atoms with Gasteiger partial charge in [0.1, 0.15) is 11.6 Å². The van der Waals surface area contributed by atoms with E-state index in [-0.39, 0.29) is 13.3 Å². The summed E-state index contributed by atoms with van der Waals surface area (Å²) in [6, 6.07) is 3.59. The van der Waals surface area contributed by atoms with Crippen LogP contribution in [0, 0.1) is 11.6 Å². The van der Waals surface area contributed by atoms with Crippen LogP contribution in [0.3, 0.4) is 0 Å². The van der Waals surface area contributed by atoms with Crippen molar-refractivity contribution in [2.75, 3.05) is 0 Å². The summed E-state index contributed by atoms with van der Waals surface area (Å²) in [5.74, 6) is -0.845. The number of rotatable bonds is 1. The van der Waals surface area contributed by atoms with Gasteiger partial charge >= 0.3 is 0 Å². The first-order chi connectivity index (χ1) is 5.09. The molecule has 0 spiro atoms. The van der Waals surface area contributed by atoms with Crippen LogP contribution in [0.5, 0.6) is 0 Å². The van der Waals surface area contributed by atoms with Crippen molar-refractivity contribution in [1.82, 2.24) is 0 Å². The standard InChI is InChI=1S/C9H10F2.CH4/c1-6(2)7-3-8(10)5-9(11)4-7;/h3-6H,1-2H3;1H4. The Labute approximate surface area is 72.2 Å². The summed E-state index contributed by atoms with van der Waals surface area (Å²) in [5.41, 5.74) is 0.697. The van der Waals surface area contributed by atoms with E-state index in [1.807, 2.05) is 13.8 Å². The van der Waals surface area contributed by atoms with Gasteiger partial charge in [-0.15, -0.1) is 0 Å². The highest BCUT2D eigenvalue weighted by molar-refractivity contribution is 5.20. The molecule has 0 saturated heterocycles. The number of halogens is 2. The van der Waals surface area contributed by atoms with Crippen LogP contribution in [0.4, 0.5) is 8.78 Å². The lowest BCUT2D eigenvalue weighted by molar-refractivity contribution is 0.577. The van der Waals surface area contributed by atoms with Gasteiger partial charge in [-0.25, -0.2) is 8.78 Å². The zero-order chi connectivity index (χ0) is 8.43. The molecule has 0 amide bonds. The van der Waals surface area contributed by atoms with Crippen LogP contribution in [0.15, 0.2) is 18.2 Å². The van der Waals surface area contributed by atoms with Gasteiger partial charge in [0.2, 0.25) is 0 Å². The molecule has 0 aliphatic heterocycles. The number of benzene rings is 1. The van der Waals surface area contributed by atoms with E-state index in [9.17, 15) is 8.78 Å². The zero-order valence-corrected chi connectivity index (χ0v) is 6.57. The SMILES string of the molecule is C.CC(C)c1cc(F)cc(F)c1. The number of hydrogen-bond donors (Lipinski definition) is 0. The van der Waals surface area contributed by atoms with Gasteiger partial charge in [-0.05, 0) is 23.6 Å². The van der Waals surface area contributed by atoms with Crippen LogP contribution in [0.1, 0.15) is 32.8 Å². The maximum Gasteiger partial charge on any atom is 0.126 e. The van der Waals surface area contributed by atoms with Gasteiger partial charge in [0.05, 0.1) is 0 Å². The molecule has 1 aromatic rings. The second-order valence-electron chi connectivity index (χ2n) is 2.86. The molecule has 1 aromatic carbocycles. The van der Waals surface area contributed by atoms with Crippen LogP contribution >= 0.6 is 0 Å². The van der Waals surface area contributed by atoms with E-state index in [0.717, 1.165) is 6.07 Å². The van der Waals surface area contributed by atoms with Crippen molar-refractivity contribution < 1.29 is 8.78 Å². The molecular weight excluding hydrogens is 158 g/mol. The molecular formula is C10H14F2. The molecule has 0 heterocycles. The van der Waals surface area contributed by atoms with E-state index in [1.165, 1.54) is 12.1 Å². The summed E-state index contributed by atoms with van der Waals surface area (Å²) < 4.78 is 25.1. The summed E-state index contributed by atoms with van der Waals surface area (Å²) in [6.07, 6.45) is 0. The predicted octanol–water partition coefficient (Wildman–Crippen LogP) is 3.72. The third-order valence-electron chi connectivity index (χ3n) is 1.55. The molecule has 68 valence electrons. The van der Waals surface area contributed by atoms with Gasteiger partial charge in [-0.3, -0.25) is 0 Å². The molecule has 1 rings (SSSR count). The fourth-order valence-corrected chi connectivity index (χ4v) is 0.908. The van der Waals surface area contributed by atoms with Crippen molar-refractivity contribution in [2.24, 2.45) is 0 Å². The molecule has 0 unspecified atom stereocenters. The maximum absolute atomic E-state index is 12.5. The van der Waals surface area contributed by atoms with E-state index < -0.39 is 11.6 Å². The largest absolute Gasteiger partial charge is 0.207 e. The Morgan fingerprint density at radius 3 is 1.75 bits per heavy atom. The van der Waals surface area contributed by atoms with Crippen LogP contribution in [-0.4, -0.2) is 0 Å². The normalized spacial score (nSPS) is 9.75. The predicted molar refractivity (Wildman–Crippen MR) is 47.2 cm³/mol. The van der Waals surface area contributed by atoms with Gasteiger partial charge in [0.15, 0.2) is 0 Å². The molecule has 0 atom stereocenters. The molecule has 0 N–H and O–H groups in total. The Bertz CT molecular complexity index is 234. The molecule has 0 bridgehead atoms. The van der Waals surface area contributed by atoms with E-state index >= 15 is 0 Å². The van der Waals surface area contributed by atoms with Crippen molar-refractivity contribution in [3.05, 3.63) is 35.4 Å². The lowest BCUT2D eigenvalue weighted by Gasteiger charge is -2.04. The molecule has 2 heteroatoms. The van der Waals surface area contributed by atoms with Gasteiger partial charge in [0.25, 0.3) is 0 Å². The van der Waals surface area contributed by atoms with Gasteiger partial charge in [-0.2, -0.15) is 0 Å². The van der Waals surface area contributed by atoms with Crippen molar-refractivity contribution in [3.8, 4) is 0 Å². The molecule has 12 heavy (non-hydrogen) atoms. The highest BCUT2D eigenvalue weighted by Gasteiger charge is 2.02. The van der Waals surface area contributed by atoms with Gasteiger partial charge < -0.3 is 0 Å². The second-order valence-corrected chi connectivity index (χ2v) is 2.86. The first-order valence-electron chi connectivity index (χ1n) is 3.55. The third-order valence-corrected chi connectivity index (χ3v) is 1.55. The Morgan fingerprint density at radius 2 is 1.42 bits per heavy atom. The average Bonchev–Trinajstić information content (AvgIpc) is 1.85. The minimum atomic E-state index is -0.506. The van der Waals surface area contributed by atoms with E-state index in [1.54, 1.807) is 0 Å². The minimum Gasteiger partial charge on any atom is -0.207 e.